The molecule has 2 rings (SSSR count). The Hall–Kier alpha value is -1.20. The van der Waals surface area contributed by atoms with E-state index in [1.807, 2.05) is 25.2 Å². The molecule has 0 saturated heterocycles. The number of amides is 1. The van der Waals surface area contributed by atoms with Crippen molar-refractivity contribution in [3.05, 3.63) is 23.8 Å². The van der Waals surface area contributed by atoms with Crippen LogP contribution in [0.4, 0.5) is 5.69 Å². The molecule has 1 N–H and O–H groups in total. The number of nitrogens with one attached hydrogen (secondary N) is 1. The van der Waals surface area contributed by atoms with E-state index in [1.165, 1.54) is 5.56 Å². The third-order valence-corrected chi connectivity index (χ3v) is 3.18. The lowest BCUT2D eigenvalue weighted by Gasteiger charge is -2.19. The Balaban J connectivity index is 2.05. The minimum atomic E-state index is -0.0953. The first kappa shape index (κ1) is 12.3. The molecule has 1 aliphatic rings. The molecule has 17 heavy (non-hydrogen) atoms. The number of anilines is 1. The first-order chi connectivity index (χ1) is 8.19. The summed E-state index contributed by atoms with van der Waals surface area (Å²) in [6, 6.07) is 5.91. The summed E-state index contributed by atoms with van der Waals surface area (Å²) in [5, 5.41) is 2.81. The van der Waals surface area contributed by atoms with Crippen molar-refractivity contribution in [1.29, 1.82) is 0 Å². The average molecular weight is 252 g/mol. The summed E-state index contributed by atoms with van der Waals surface area (Å²) in [5.41, 5.74) is 1.95. The number of fused-ring (bicyclic) bond motifs is 1. The molecule has 0 unspecified atom stereocenters. The first-order valence-electron chi connectivity index (χ1n) is 5.54. The zero-order valence-electron chi connectivity index (χ0n) is 9.77. The number of carbonyl (C=O) groups excluding carboxylic acids is 1. The third-order valence-electron chi connectivity index (χ3n) is 2.70. The minimum absolute atomic E-state index is 0.0953. The van der Waals surface area contributed by atoms with Crippen LogP contribution in [0.15, 0.2) is 18.2 Å². The van der Waals surface area contributed by atoms with Crippen LogP contribution in [0.5, 0.6) is 5.75 Å². The van der Waals surface area contributed by atoms with Gasteiger partial charge in [0.2, 0.25) is 0 Å². The highest BCUT2D eigenvalue weighted by Crippen LogP contribution is 2.28. The van der Waals surface area contributed by atoms with E-state index < -0.39 is 0 Å². The molecule has 0 aliphatic carbocycles. The van der Waals surface area contributed by atoms with Gasteiger partial charge in [-0.25, -0.2) is 0 Å². The maximum atomic E-state index is 11.2. The van der Waals surface area contributed by atoms with E-state index in [0.29, 0.717) is 0 Å². The molecule has 0 aromatic heterocycles. The van der Waals surface area contributed by atoms with Crippen molar-refractivity contribution in [2.24, 2.45) is 0 Å². The number of carbonyl (C=O) groups is 1. The van der Waals surface area contributed by atoms with Crippen molar-refractivity contribution in [3.63, 3.8) is 0 Å². The monoisotopic (exact) mass is 252 g/mol. The van der Waals surface area contributed by atoms with Crippen molar-refractivity contribution in [2.75, 3.05) is 31.4 Å². The summed E-state index contributed by atoms with van der Waals surface area (Å²) >= 11 is 4.20. The Morgan fingerprint density at radius 3 is 3.12 bits per heavy atom. The van der Waals surface area contributed by atoms with Gasteiger partial charge in [0, 0.05) is 12.4 Å². The van der Waals surface area contributed by atoms with Gasteiger partial charge in [0.05, 0.1) is 5.69 Å². The lowest BCUT2D eigenvalue weighted by molar-refractivity contribution is -0.118. The number of rotatable bonds is 4. The number of hydrogen-bond donors (Lipinski definition) is 2. The van der Waals surface area contributed by atoms with Gasteiger partial charge in [-0.1, -0.05) is 6.07 Å². The van der Waals surface area contributed by atoms with E-state index in [0.717, 1.165) is 30.3 Å². The molecule has 5 heteroatoms. The fourth-order valence-electron chi connectivity index (χ4n) is 1.68. The Bertz CT molecular complexity index is 423. The topological polar surface area (TPSA) is 41.6 Å². The highest BCUT2D eigenvalue weighted by atomic mass is 32.1. The number of ether oxygens (including phenoxy) is 1. The van der Waals surface area contributed by atoms with E-state index in [1.54, 1.807) is 0 Å². The van der Waals surface area contributed by atoms with Crippen molar-refractivity contribution in [2.45, 2.75) is 6.42 Å². The molecule has 1 amide bonds. The number of nitrogens with zero attached hydrogens (tertiary/aromatic N) is 1. The zero-order valence-corrected chi connectivity index (χ0v) is 10.7. The van der Waals surface area contributed by atoms with Crippen molar-refractivity contribution in [3.8, 4) is 5.75 Å². The fraction of sp³-hybridized carbons (Fsp3) is 0.417. The van der Waals surface area contributed by atoms with Crippen LogP contribution in [0.25, 0.3) is 0 Å². The molecule has 0 spiro atoms. The van der Waals surface area contributed by atoms with Crippen LogP contribution in [-0.2, 0) is 11.2 Å². The van der Waals surface area contributed by atoms with Gasteiger partial charge in [0.1, 0.15) is 5.75 Å². The summed E-state index contributed by atoms with van der Waals surface area (Å²) in [6.45, 7) is 1.05. The first-order valence-corrected chi connectivity index (χ1v) is 6.17. The largest absolute Gasteiger partial charge is 0.482 e. The van der Waals surface area contributed by atoms with Gasteiger partial charge in [-0.15, -0.1) is 0 Å². The predicted molar refractivity (Wildman–Crippen MR) is 70.8 cm³/mol. The Morgan fingerprint density at radius 1 is 1.53 bits per heavy atom. The summed E-state index contributed by atoms with van der Waals surface area (Å²) in [4.78, 5) is 13.3. The summed E-state index contributed by atoms with van der Waals surface area (Å²) in [5.74, 6) is 1.39. The molecule has 0 fully saturated rings. The van der Waals surface area contributed by atoms with Crippen LogP contribution in [0.1, 0.15) is 5.56 Å². The second-order valence-corrected chi connectivity index (χ2v) is 4.42. The van der Waals surface area contributed by atoms with Crippen LogP contribution >= 0.6 is 12.6 Å². The van der Waals surface area contributed by atoms with Crippen LogP contribution < -0.4 is 10.1 Å². The molecule has 1 aromatic rings. The van der Waals surface area contributed by atoms with Gasteiger partial charge >= 0.3 is 0 Å². The zero-order chi connectivity index (χ0) is 12.3. The minimum Gasteiger partial charge on any atom is -0.482 e. The smallest absolute Gasteiger partial charge is 0.262 e. The Morgan fingerprint density at radius 2 is 2.35 bits per heavy atom. The van der Waals surface area contributed by atoms with Gasteiger partial charge in [-0.05, 0) is 31.2 Å². The van der Waals surface area contributed by atoms with E-state index in [9.17, 15) is 4.79 Å². The van der Waals surface area contributed by atoms with Crippen LogP contribution in [0, 0.1) is 0 Å². The Kier molecular flexibility index (Phi) is 3.91. The summed E-state index contributed by atoms with van der Waals surface area (Å²) < 4.78 is 5.30. The lowest BCUT2D eigenvalue weighted by atomic mass is 10.1. The van der Waals surface area contributed by atoms with Gasteiger partial charge in [-0.2, -0.15) is 12.6 Å². The van der Waals surface area contributed by atoms with Crippen LogP contribution in [0.2, 0.25) is 0 Å². The quantitative estimate of drug-likeness (QED) is 0.628. The maximum absolute atomic E-state index is 11.2. The SMILES string of the molecule is CN(CS)CCc1ccc2c(c1)NC(=O)CO2. The van der Waals surface area contributed by atoms with E-state index in [-0.39, 0.29) is 12.5 Å². The fourth-order valence-corrected chi connectivity index (χ4v) is 1.82. The second kappa shape index (κ2) is 5.42. The average Bonchev–Trinajstić information content (AvgIpc) is 2.35. The normalized spacial score (nSPS) is 14.2. The molecular weight excluding hydrogens is 236 g/mol. The van der Waals surface area contributed by atoms with Crippen molar-refractivity contribution >= 4 is 24.2 Å². The Labute approximate surface area is 106 Å². The van der Waals surface area contributed by atoms with E-state index in [2.05, 4.69) is 22.8 Å². The summed E-state index contributed by atoms with van der Waals surface area (Å²) in [6.07, 6.45) is 0.931. The van der Waals surface area contributed by atoms with E-state index in [4.69, 9.17) is 4.74 Å². The highest BCUT2D eigenvalue weighted by molar-refractivity contribution is 7.80. The van der Waals surface area contributed by atoms with E-state index >= 15 is 0 Å². The summed E-state index contributed by atoms with van der Waals surface area (Å²) in [7, 11) is 2.02. The molecule has 0 bridgehead atoms. The van der Waals surface area contributed by atoms with Gasteiger partial charge in [0.15, 0.2) is 6.61 Å². The molecule has 0 radical (unpaired) electrons. The molecule has 1 aliphatic heterocycles. The lowest BCUT2D eigenvalue weighted by Crippen LogP contribution is -2.25. The van der Waals surface area contributed by atoms with Crippen molar-refractivity contribution < 1.29 is 9.53 Å². The number of thiol groups is 1. The van der Waals surface area contributed by atoms with Gasteiger partial charge in [-0.3, -0.25) is 9.69 Å². The number of hydrogen-bond acceptors (Lipinski definition) is 4. The molecule has 92 valence electrons. The molecule has 1 heterocycles. The second-order valence-electron chi connectivity index (χ2n) is 4.14. The number of likely N-dealkylation sites (N-methyl/N-ethyl adjacent to an activating group) is 1. The molecular formula is C12H16N2O2S. The predicted octanol–water partition coefficient (Wildman–Crippen LogP) is 1.38. The van der Waals surface area contributed by atoms with Gasteiger partial charge in [0.25, 0.3) is 5.91 Å². The van der Waals surface area contributed by atoms with Crippen LogP contribution in [-0.4, -0.2) is 36.9 Å². The highest BCUT2D eigenvalue weighted by Gasteiger charge is 2.15. The van der Waals surface area contributed by atoms with Crippen LogP contribution in [0.3, 0.4) is 0 Å². The maximum Gasteiger partial charge on any atom is 0.262 e. The third kappa shape index (κ3) is 3.14. The molecule has 0 atom stereocenters. The molecule has 4 nitrogen and oxygen atoms in total. The molecule has 0 saturated carbocycles. The van der Waals surface area contributed by atoms with Crippen molar-refractivity contribution in [1.82, 2.24) is 4.90 Å². The molecule has 1 aromatic carbocycles. The van der Waals surface area contributed by atoms with Gasteiger partial charge < -0.3 is 10.1 Å². The standard InChI is InChI=1S/C12H16N2O2S/c1-14(8-17)5-4-9-2-3-11-10(6-9)13-12(15)7-16-11/h2-3,6,17H,4-5,7-8H2,1H3,(H,13,15). The number of benzene rings is 1.